The minimum atomic E-state index is -0.630. The van der Waals surface area contributed by atoms with Gasteiger partial charge in [0.25, 0.3) is 5.91 Å². The van der Waals surface area contributed by atoms with Crippen LogP contribution in [-0.2, 0) is 9.59 Å². The van der Waals surface area contributed by atoms with Gasteiger partial charge in [-0.1, -0.05) is 6.07 Å². The number of aliphatic hydroxyl groups excluding tert-OH is 2. The van der Waals surface area contributed by atoms with Crippen LogP contribution in [0.1, 0.15) is 18.5 Å². The minimum absolute atomic E-state index is 0.00216. The van der Waals surface area contributed by atoms with Crippen molar-refractivity contribution in [1.29, 1.82) is 0 Å². The summed E-state index contributed by atoms with van der Waals surface area (Å²) in [6.07, 6.45) is 3.18. The summed E-state index contributed by atoms with van der Waals surface area (Å²) in [6, 6.07) is 2.85. The molecule has 118 valence electrons. The molecule has 1 aromatic heterocycles. The van der Waals surface area contributed by atoms with Crippen LogP contribution in [0.4, 0.5) is 0 Å². The van der Waals surface area contributed by atoms with Crippen molar-refractivity contribution in [2.45, 2.75) is 13.0 Å². The van der Waals surface area contributed by atoms with E-state index in [1.165, 1.54) is 11.8 Å². The molecule has 0 spiro atoms. The smallest absolute Gasteiger partial charge is 0.290 e. The summed E-state index contributed by atoms with van der Waals surface area (Å²) >= 11 is 0. The van der Waals surface area contributed by atoms with E-state index in [0.29, 0.717) is 25.2 Å². The van der Waals surface area contributed by atoms with Crippen LogP contribution in [0.25, 0.3) is 0 Å². The maximum absolute atomic E-state index is 12.2. The van der Waals surface area contributed by atoms with Gasteiger partial charge >= 0.3 is 0 Å². The summed E-state index contributed by atoms with van der Waals surface area (Å²) in [6.45, 7) is 2.50. The van der Waals surface area contributed by atoms with Gasteiger partial charge in [-0.15, -0.1) is 0 Å². The summed E-state index contributed by atoms with van der Waals surface area (Å²) in [5, 5.41) is 21.7. The van der Waals surface area contributed by atoms with E-state index in [1.807, 2.05) is 0 Å². The van der Waals surface area contributed by atoms with Gasteiger partial charge in [0.15, 0.2) is 11.5 Å². The largest absolute Gasteiger partial charge is 0.503 e. The van der Waals surface area contributed by atoms with Crippen molar-refractivity contribution in [1.82, 2.24) is 15.2 Å². The van der Waals surface area contributed by atoms with Gasteiger partial charge < -0.3 is 20.4 Å². The molecule has 0 saturated carbocycles. The van der Waals surface area contributed by atoms with Crippen molar-refractivity contribution in [3.63, 3.8) is 0 Å². The minimum Gasteiger partial charge on any atom is -0.503 e. The summed E-state index contributed by atoms with van der Waals surface area (Å²) in [7, 11) is 0. The Hall–Kier alpha value is -2.25. The first-order valence-electron chi connectivity index (χ1n) is 7.04. The molecule has 0 aliphatic carbocycles. The van der Waals surface area contributed by atoms with Gasteiger partial charge in [-0.3, -0.25) is 14.6 Å². The van der Waals surface area contributed by atoms with E-state index in [1.54, 1.807) is 24.5 Å². The number of nitrogens with zero attached hydrogens (tertiary/aromatic N) is 2. The Kier molecular flexibility index (Phi) is 5.24. The highest BCUT2D eigenvalue weighted by Crippen LogP contribution is 2.36. The molecule has 0 aromatic carbocycles. The average molecular weight is 305 g/mol. The number of hydrogen-bond donors (Lipinski definition) is 3. The van der Waals surface area contributed by atoms with E-state index in [9.17, 15) is 14.7 Å². The highest BCUT2D eigenvalue weighted by atomic mass is 16.3. The third-order valence-electron chi connectivity index (χ3n) is 3.50. The number of pyridine rings is 1. The highest BCUT2D eigenvalue weighted by molar-refractivity contribution is 6.08. The number of carbonyl (C=O) groups is 2. The molecule has 0 saturated heterocycles. The fraction of sp³-hybridized carbons (Fsp3) is 0.400. The van der Waals surface area contributed by atoms with Gasteiger partial charge in [0.1, 0.15) is 0 Å². The van der Waals surface area contributed by atoms with Crippen molar-refractivity contribution < 1.29 is 19.8 Å². The molecular formula is C15H19N3O4. The molecule has 22 heavy (non-hydrogen) atoms. The molecule has 0 unspecified atom stereocenters. The van der Waals surface area contributed by atoms with Gasteiger partial charge in [0.2, 0.25) is 0 Å². The van der Waals surface area contributed by atoms with Gasteiger partial charge in [-0.2, -0.15) is 0 Å². The molecule has 0 bridgehead atoms. The Morgan fingerprint density at radius 3 is 2.82 bits per heavy atom. The van der Waals surface area contributed by atoms with Crippen LogP contribution in [0.2, 0.25) is 0 Å². The normalized spacial score (nSPS) is 18.2. The first-order chi connectivity index (χ1) is 10.6. The molecule has 3 N–H and O–H groups in total. The maximum atomic E-state index is 12.2. The van der Waals surface area contributed by atoms with Gasteiger partial charge in [0.05, 0.1) is 18.2 Å². The number of aliphatic hydroxyl groups is 2. The molecule has 1 aliphatic heterocycles. The first kappa shape index (κ1) is 16.1. The second kappa shape index (κ2) is 7.15. The summed E-state index contributed by atoms with van der Waals surface area (Å²) in [5.41, 5.74) is 0.771. The zero-order valence-corrected chi connectivity index (χ0v) is 12.3. The lowest BCUT2D eigenvalue weighted by Crippen LogP contribution is -2.37. The van der Waals surface area contributed by atoms with Crippen LogP contribution in [0, 0.1) is 0 Å². The maximum Gasteiger partial charge on any atom is 0.290 e. The number of Topliss-reactive ketones (excluding diaryl/α,β-unsaturated/α-hetero) is 1. The zero-order valence-electron chi connectivity index (χ0n) is 12.3. The second-order valence-electron chi connectivity index (χ2n) is 4.98. The van der Waals surface area contributed by atoms with Gasteiger partial charge in [-0.05, 0) is 18.6 Å². The number of ketones is 1. The van der Waals surface area contributed by atoms with Crippen LogP contribution in [0.15, 0.2) is 35.9 Å². The topological polar surface area (TPSA) is 103 Å². The fourth-order valence-electron chi connectivity index (χ4n) is 2.53. The average Bonchev–Trinajstić information content (AvgIpc) is 2.77. The molecule has 2 rings (SSSR count). The predicted molar refractivity (Wildman–Crippen MR) is 79.0 cm³/mol. The van der Waals surface area contributed by atoms with E-state index in [4.69, 9.17) is 5.11 Å². The van der Waals surface area contributed by atoms with Crippen LogP contribution < -0.4 is 5.32 Å². The molecule has 0 radical (unpaired) electrons. The number of nitrogens with one attached hydrogen (secondary N) is 1. The van der Waals surface area contributed by atoms with Gasteiger partial charge in [-0.25, -0.2) is 0 Å². The molecule has 2 heterocycles. The number of amides is 1. The summed E-state index contributed by atoms with van der Waals surface area (Å²) in [4.78, 5) is 29.5. The highest BCUT2D eigenvalue weighted by Gasteiger charge is 2.42. The fourth-order valence-corrected chi connectivity index (χ4v) is 2.53. The molecule has 0 fully saturated rings. The molecule has 1 aliphatic rings. The van der Waals surface area contributed by atoms with E-state index in [-0.39, 0.29) is 18.0 Å². The standard InChI is InChI=1S/C15H19N3O4/c1-10(20)12-13(11-3-2-4-17-9-11)18(15(22)14(12)21)7-5-16-6-8-19/h2-4,9,13,16,19,21H,5-8H2,1H3/t13-/m1/s1. The lowest BCUT2D eigenvalue weighted by Gasteiger charge is -2.26. The van der Waals surface area contributed by atoms with Crippen molar-refractivity contribution >= 4 is 11.7 Å². The summed E-state index contributed by atoms with van der Waals surface area (Å²) in [5.74, 6) is -1.40. The SMILES string of the molecule is CC(=O)C1=C(O)C(=O)N(CCNCCO)[C@@H]1c1cccnc1. The van der Waals surface area contributed by atoms with Crippen LogP contribution >= 0.6 is 0 Å². The Labute approximate surface area is 128 Å². The number of aromatic nitrogens is 1. The van der Waals surface area contributed by atoms with Gasteiger partial charge in [0, 0.05) is 32.0 Å². The van der Waals surface area contributed by atoms with Crippen LogP contribution in [0.5, 0.6) is 0 Å². The number of rotatable bonds is 7. The molecule has 1 atom stereocenters. The first-order valence-corrected chi connectivity index (χ1v) is 7.04. The third kappa shape index (κ3) is 3.15. The Morgan fingerprint density at radius 1 is 1.45 bits per heavy atom. The summed E-state index contributed by atoms with van der Waals surface area (Å²) < 4.78 is 0. The second-order valence-corrected chi connectivity index (χ2v) is 4.98. The van der Waals surface area contributed by atoms with Crippen molar-refractivity contribution in [3.05, 3.63) is 41.4 Å². The van der Waals surface area contributed by atoms with Crippen LogP contribution in [0.3, 0.4) is 0 Å². The lowest BCUT2D eigenvalue weighted by molar-refractivity contribution is -0.129. The number of carbonyl (C=O) groups excluding carboxylic acids is 2. The van der Waals surface area contributed by atoms with E-state index in [0.717, 1.165) is 0 Å². The Bertz CT molecular complexity index is 586. The van der Waals surface area contributed by atoms with Crippen molar-refractivity contribution in [2.75, 3.05) is 26.2 Å². The zero-order chi connectivity index (χ0) is 16.1. The van der Waals surface area contributed by atoms with E-state index in [2.05, 4.69) is 10.3 Å². The third-order valence-corrected chi connectivity index (χ3v) is 3.50. The van der Waals surface area contributed by atoms with E-state index < -0.39 is 17.7 Å². The monoisotopic (exact) mass is 305 g/mol. The van der Waals surface area contributed by atoms with Crippen molar-refractivity contribution in [2.24, 2.45) is 0 Å². The quantitative estimate of drug-likeness (QED) is 0.610. The molecule has 1 aromatic rings. The number of hydrogen-bond acceptors (Lipinski definition) is 6. The van der Waals surface area contributed by atoms with Crippen LogP contribution in [-0.4, -0.2) is 58.0 Å². The Morgan fingerprint density at radius 2 is 2.23 bits per heavy atom. The predicted octanol–water partition coefficient (Wildman–Crippen LogP) is -0.0521. The molecule has 1 amide bonds. The molecule has 7 nitrogen and oxygen atoms in total. The van der Waals surface area contributed by atoms with E-state index >= 15 is 0 Å². The lowest BCUT2D eigenvalue weighted by atomic mass is 9.98. The molecule has 7 heteroatoms. The Balaban J connectivity index is 2.28. The molecular weight excluding hydrogens is 286 g/mol. The van der Waals surface area contributed by atoms with Crippen molar-refractivity contribution in [3.8, 4) is 0 Å².